The summed E-state index contributed by atoms with van der Waals surface area (Å²) < 4.78 is 0. The number of hydrogen-bond acceptors (Lipinski definition) is 2. The van der Waals surface area contributed by atoms with Gasteiger partial charge in [-0.25, -0.2) is 4.79 Å². The predicted molar refractivity (Wildman–Crippen MR) is 69.7 cm³/mol. The van der Waals surface area contributed by atoms with Crippen LogP contribution in [0, 0.1) is 5.41 Å². The molecule has 0 fully saturated rings. The van der Waals surface area contributed by atoms with Gasteiger partial charge in [-0.15, -0.1) is 0 Å². The Kier molecular flexibility index (Phi) is 4.34. The topological polar surface area (TPSA) is 82.2 Å². The third kappa shape index (κ3) is 3.35. The minimum Gasteiger partial charge on any atom is -0.370 e. The fraction of sp³-hybridized carbons (Fsp3) is 0.273. The number of halogens is 1. The number of anilines is 1. The summed E-state index contributed by atoms with van der Waals surface area (Å²) in [5.74, 6) is -0.400. The highest BCUT2D eigenvalue weighted by molar-refractivity contribution is 6.33. The molecule has 5 nitrogen and oxygen atoms in total. The summed E-state index contributed by atoms with van der Waals surface area (Å²) in [7, 11) is 1.56. The molecule has 0 bridgehead atoms. The van der Waals surface area contributed by atoms with Crippen molar-refractivity contribution in [3.8, 4) is 0 Å². The molecule has 17 heavy (non-hydrogen) atoms. The van der Waals surface area contributed by atoms with E-state index in [0.717, 1.165) is 12.0 Å². The van der Waals surface area contributed by atoms with Gasteiger partial charge in [-0.05, 0) is 24.1 Å². The molecular formula is C11H15ClN4O. The van der Waals surface area contributed by atoms with E-state index in [4.69, 9.17) is 22.7 Å². The molecule has 0 heterocycles. The van der Waals surface area contributed by atoms with Crippen LogP contribution in [-0.4, -0.2) is 19.0 Å². The Balaban J connectivity index is 2.92. The van der Waals surface area contributed by atoms with Crippen LogP contribution in [0.2, 0.25) is 5.02 Å². The van der Waals surface area contributed by atoms with Crippen LogP contribution < -0.4 is 16.0 Å². The Morgan fingerprint density at radius 1 is 1.59 bits per heavy atom. The van der Waals surface area contributed by atoms with E-state index in [-0.39, 0.29) is 0 Å². The molecule has 0 saturated heterocycles. The Bertz CT molecular complexity index is 447. The summed E-state index contributed by atoms with van der Waals surface area (Å²) in [6.07, 6.45) is 0.878. The number of aryl methyl sites for hydroxylation is 1. The Labute approximate surface area is 105 Å². The number of carbonyl (C=O) groups is 1. The van der Waals surface area contributed by atoms with Crippen molar-refractivity contribution in [3.63, 3.8) is 0 Å². The zero-order valence-corrected chi connectivity index (χ0v) is 10.5. The van der Waals surface area contributed by atoms with Crippen molar-refractivity contribution < 1.29 is 4.79 Å². The van der Waals surface area contributed by atoms with Crippen LogP contribution in [0.5, 0.6) is 0 Å². The molecule has 0 saturated carbocycles. The van der Waals surface area contributed by atoms with E-state index >= 15 is 0 Å². The van der Waals surface area contributed by atoms with Crippen LogP contribution in [0.4, 0.5) is 10.5 Å². The van der Waals surface area contributed by atoms with Gasteiger partial charge in [-0.3, -0.25) is 15.6 Å². The third-order valence-electron chi connectivity index (χ3n) is 2.33. The molecule has 0 aliphatic carbocycles. The van der Waals surface area contributed by atoms with E-state index < -0.39 is 12.0 Å². The smallest absolute Gasteiger partial charge is 0.328 e. The number of nitrogens with two attached hydrogens (primary N) is 1. The van der Waals surface area contributed by atoms with Gasteiger partial charge in [0.15, 0.2) is 5.96 Å². The van der Waals surface area contributed by atoms with Gasteiger partial charge in [0, 0.05) is 7.05 Å². The number of carbonyl (C=O) groups excluding carboxylic acids is 1. The lowest BCUT2D eigenvalue weighted by Gasteiger charge is -2.19. The van der Waals surface area contributed by atoms with Gasteiger partial charge < -0.3 is 5.73 Å². The van der Waals surface area contributed by atoms with Crippen LogP contribution in [0.1, 0.15) is 12.5 Å². The maximum atomic E-state index is 11.6. The molecule has 1 aromatic carbocycles. The third-order valence-corrected chi connectivity index (χ3v) is 2.63. The normalized spacial score (nSPS) is 9.82. The molecule has 6 heteroatoms. The van der Waals surface area contributed by atoms with Gasteiger partial charge in [-0.2, -0.15) is 0 Å². The van der Waals surface area contributed by atoms with Gasteiger partial charge in [0.2, 0.25) is 0 Å². The van der Waals surface area contributed by atoms with Gasteiger partial charge in [-0.1, -0.05) is 24.6 Å². The summed E-state index contributed by atoms with van der Waals surface area (Å²) in [4.78, 5) is 12.9. The lowest BCUT2D eigenvalue weighted by Crippen LogP contribution is -2.43. The van der Waals surface area contributed by atoms with Crippen molar-refractivity contribution in [1.82, 2.24) is 5.32 Å². The first kappa shape index (κ1) is 13.3. The summed E-state index contributed by atoms with van der Waals surface area (Å²) in [6.45, 7) is 2.03. The quantitative estimate of drug-likeness (QED) is 0.557. The standard InChI is InChI=1S/C11H15ClN4O/c1-3-7-4-5-9(8(12)6-7)16(2)11(17)15-10(13)14/h4-6H,3H2,1-2H3,(H4,13,14,15,17). The fourth-order valence-corrected chi connectivity index (χ4v) is 1.68. The summed E-state index contributed by atoms with van der Waals surface area (Å²) in [5.41, 5.74) is 6.75. The molecule has 0 aromatic heterocycles. The van der Waals surface area contributed by atoms with E-state index in [2.05, 4.69) is 5.32 Å². The molecule has 1 rings (SSSR count). The largest absolute Gasteiger partial charge is 0.370 e. The maximum Gasteiger partial charge on any atom is 0.328 e. The van der Waals surface area contributed by atoms with Crippen molar-refractivity contribution in [1.29, 1.82) is 5.41 Å². The number of benzene rings is 1. The first-order valence-corrected chi connectivity index (χ1v) is 5.50. The average molecular weight is 255 g/mol. The van der Waals surface area contributed by atoms with Crippen LogP contribution in [0.3, 0.4) is 0 Å². The molecular weight excluding hydrogens is 240 g/mol. The van der Waals surface area contributed by atoms with Crippen molar-refractivity contribution in [2.45, 2.75) is 13.3 Å². The van der Waals surface area contributed by atoms with Crippen LogP contribution in [0.15, 0.2) is 18.2 Å². The molecule has 0 atom stereocenters. The molecule has 4 N–H and O–H groups in total. The monoisotopic (exact) mass is 254 g/mol. The lowest BCUT2D eigenvalue weighted by molar-refractivity contribution is 0.251. The Morgan fingerprint density at radius 3 is 2.71 bits per heavy atom. The molecule has 0 unspecified atom stereocenters. The lowest BCUT2D eigenvalue weighted by atomic mass is 10.1. The number of nitrogens with zero attached hydrogens (tertiary/aromatic N) is 1. The number of rotatable bonds is 2. The SMILES string of the molecule is CCc1ccc(N(C)C(=O)NC(=N)N)c(Cl)c1. The zero-order valence-electron chi connectivity index (χ0n) is 9.75. The molecule has 0 aliphatic rings. The van der Waals surface area contributed by atoms with Crippen molar-refractivity contribution in [3.05, 3.63) is 28.8 Å². The van der Waals surface area contributed by atoms with Crippen LogP contribution in [0.25, 0.3) is 0 Å². The predicted octanol–water partition coefficient (Wildman–Crippen LogP) is 1.94. The highest BCUT2D eigenvalue weighted by Gasteiger charge is 2.14. The van der Waals surface area contributed by atoms with Crippen molar-refractivity contribution in [2.24, 2.45) is 5.73 Å². The van der Waals surface area contributed by atoms with E-state index in [0.29, 0.717) is 10.7 Å². The number of guanidine groups is 1. The summed E-state index contributed by atoms with van der Waals surface area (Å²) in [5, 5.41) is 9.66. The number of nitrogens with one attached hydrogen (secondary N) is 2. The zero-order chi connectivity index (χ0) is 13.0. The van der Waals surface area contributed by atoms with Crippen LogP contribution in [-0.2, 0) is 6.42 Å². The Morgan fingerprint density at radius 2 is 2.24 bits per heavy atom. The molecule has 2 amide bonds. The van der Waals surface area contributed by atoms with Gasteiger partial charge in [0.05, 0.1) is 10.7 Å². The highest BCUT2D eigenvalue weighted by atomic mass is 35.5. The van der Waals surface area contributed by atoms with E-state index in [9.17, 15) is 4.79 Å². The molecule has 1 aromatic rings. The van der Waals surface area contributed by atoms with Gasteiger partial charge in [0.1, 0.15) is 0 Å². The summed E-state index contributed by atoms with van der Waals surface area (Å²) in [6, 6.07) is 4.98. The molecule has 92 valence electrons. The van der Waals surface area contributed by atoms with E-state index in [1.54, 1.807) is 13.1 Å². The van der Waals surface area contributed by atoms with Crippen LogP contribution >= 0.6 is 11.6 Å². The van der Waals surface area contributed by atoms with E-state index in [1.165, 1.54) is 4.90 Å². The first-order chi connectivity index (χ1) is 7.95. The first-order valence-electron chi connectivity index (χ1n) is 5.12. The van der Waals surface area contributed by atoms with Crippen molar-refractivity contribution >= 4 is 29.3 Å². The fourth-order valence-electron chi connectivity index (χ4n) is 1.35. The van der Waals surface area contributed by atoms with Crippen molar-refractivity contribution in [2.75, 3.05) is 11.9 Å². The van der Waals surface area contributed by atoms with E-state index in [1.807, 2.05) is 19.1 Å². The Hall–Kier alpha value is -1.75. The molecule has 0 radical (unpaired) electrons. The maximum absolute atomic E-state index is 11.6. The molecule has 0 spiro atoms. The summed E-state index contributed by atoms with van der Waals surface area (Å²) >= 11 is 6.08. The number of hydrogen-bond donors (Lipinski definition) is 3. The second-order valence-corrected chi connectivity index (χ2v) is 3.95. The van der Waals surface area contributed by atoms with Gasteiger partial charge in [0.25, 0.3) is 0 Å². The minimum atomic E-state index is -0.497. The van der Waals surface area contributed by atoms with Gasteiger partial charge >= 0.3 is 6.03 Å². The second-order valence-electron chi connectivity index (χ2n) is 3.54. The highest BCUT2D eigenvalue weighted by Crippen LogP contribution is 2.26. The second kappa shape index (κ2) is 5.54. The average Bonchev–Trinajstić information content (AvgIpc) is 2.27. The number of urea groups is 1. The number of amides is 2. The minimum absolute atomic E-state index is 0.400. The molecule has 0 aliphatic heterocycles.